The summed E-state index contributed by atoms with van der Waals surface area (Å²) in [7, 11) is 0. The van der Waals surface area contributed by atoms with Crippen molar-refractivity contribution < 1.29 is 48.0 Å². The number of carbonyl (C=O) groups excluding carboxylic acids is 3. The largest absolute Gasteiger partial charge is 0.514 e. The molecular weight excluding hydrogens is 498 g/mol. The molecule has 38 heavy (non-hydrogen) atoms. The van der Waals surface area contributed by atoms with Gasteiger partial charge >= 0.3 is 24.2 Å². The predicted octanol–water partition coefficient (Wildman–Crippen LogP) is 5.18. The Morgan fingerprint density at radius 3 is 1.79 bits per heavy atom. The van der Waals surface area contributed by atoms with Gasteiger partial charge in [0.15, 0.2) is 11.5 Å². The quantitative estimate of drug-likeness (QED) is 0.205. The number of rotatable bonds is 12. The summed E-state index contributed by atoms with van der Waals surface area (Å²) in [5, 5.41) is 9.64. The molecule has 1 rings (SSSR count). The van der Waals surface area contributed by atoms with Gasteiger partial charge < -0.3 is 34.5 Å². The lowest BCUT2D eigenvalue weighted by atomic mass is 9.86. The highest BCUT2D eigenvalue weighted by Gasteiger charge is 2.32. The van der Waals surface area contributed by atoms with Crippen LogP contribution in [0, 0.1) is 5.41 Å². The summed E-state index contributed by atoms with van der Waals surface area (Å²) in [6.45, 7) is 13.8. The van der Waals surface area contributed by atoms with E-state index in [0.29, 0.717) is 18.4 Å². The van der Waals surface area contributed by atoms with Crippen molar-refractivity contribution in [1.82, 2.24) is 0 Å². The van der Waals surface area contributed by atoms with Crippen LogP contribution < -0.4 is 15.2 Å². The van der Waals surface area contributed by atoms with Crippen LogP contribution in [0.1, 0.15) is 86.1 Å². The third kappa shape index (κ3) is 10.6. The number of hydrogen-bond acceptors (Lipinski definition) is 10. The molecule has 3 N–H and O–H groups in total. The fraction of sp³-hybridized carbons (Fsp3) is 0.630. The Bertz CT molecular complexity index is 971. The molecule has 0 aromatic heterocycles. The summed E-state index contributed by atoms with van der Waals surface area (Å²) < 4.78 is 26.4. The second-order valence-corrected chi connectivity index (χ2v) is 10.3. The number of carboxylic acid groups (broad SMARTS) is 1. The van der Waals surface area contributed by atoms with Gasteiger partial charge in [-0.1, -0.05) is 19.9 Å². The van der Waals surface area contributed by atoms with Crippen molar-refractivity contribution >= 4 is 24.2 Å². The average molecular weight is 540 g/mol. The molecule has 0 bridgehead atoms. The zero-order valence-corrected chi connectivity index (χ0v) is 23.4. The lowest BCUT2D eigenvalue weighted by molar-refractivity contribution is -0.158. The van der Waals surface area contributed by atoms with Gasteiger partial charge in [0.25, 0.3) is 0 Å². The maximum atomic E-state index is 12.4. The van der Waals surface area contributed by atoms with Crippen LogP contribution in [-0.2, 0) is 23.8 Å². The summed E-state index contributed by atoms with van der Waals surface area (Å²) in [6, 6.07) is 2.79. The van der Waals surface area contributed by atoms with E-state index in [9.17, 15) is 24.3 Å². The number of esters is 1. The molecule has 5 atom stereocenters. The van der Waals surface area contributed by atoms with E-state index in [1.54, 1.807) is 41.5 Å². The summed E-state index contributed by atoms with van der Waals surface area (Å²) in [4.78, 5) is 48.7. The number of ether oxygens (including phenoxy) is 5. The first kappa shape index (κ1) is 32.7. The standard InChI is InChI=1S/C27H41NO10/c1-9-15(3)35-25(32)37-20-12-11-18(14-21(20)38-26(33)36-16(4)10-2)19(22(28)23(29)30)13-17(5)34-24(31)27(6,7)8/h11-12,14-17,19,22H,9-10,13,28H2,1-8H3,(H,29,30)/t15?,16?,17?,19?,22-/m0/s1. The van der Waals surface area contributed by atoms with Gasteiger partial charge in [-0.15, -0.1) is 0 Å². The molecule has 0 radical (unpaired) electrons. The van der Waals surface area contributed by atoms with E-state index in [1.165, 1.54) is 18.2 Å². The maximum absolute atomic E-state index is 12.4. The normalized spacial score (nSPS) is 15.3. The molecule has 214 valence electrons. The Labute approximate surface area is 223 Å². The molecule has 0 saturated heterocycles. The molecule has 0 spiro atoms. The summed E-state index contributed by atoms with van der Waals surface area (Å²) in [5.74, 6) is -2.92. The summed E-state index contributed by atoms with van der Waals surface area (Å²) >= 11 is 0. The van der Waals surface area contributed by atoms with E-state index < -0.39 is 59.9 Å². The molecule has 4 unspecified atom stereocenters. The highest BCUT2D eigenvalue weighted by molar-refractivity contribution is 5.76. The second kappa shape index (κ2) is 14.6. The number of hydrogen-bond donors (Lipinski definition) is 2. The maximum Gasteiger partial charge on any atom is 0.514 e. The Hall–Kier alpha value is -3.34. The third-order valence-electron chi connectivity index (χ3n) is 5.75. The Balaban J connectivity index is 3.38. The second-order valence-electron chi connectivity index (χ2n) is 10.3. The Morgan fingerprint density at radius 2 is 1.34 bits per heavy atom. The number of aliphatic carboxylic acids is 1. The molecule has 0 aliphatic carbocycles. The van der Waals surface area contributed by atoms with Crippen molar-refractivity contribution in [3.05, 3.63) is 23.8 Å². The van der Waals surface area contributed by atoms with Gasteiger partial charge in [-0.25, -0.2) is 9.59 Å². The lowest BCUT2D eigenvalue weighted by Gasteiger charge is -2.27. The van der Waals surface area contributed by atoms with Crippen molar-refractivity contribution in [1.29, 1.82) is 0 Å². The van der Waals surface area contributed by atoms with Gasteiger partial charge in [-0.05, 0) is 78.5 Å². The van der Waals surface area contributed by atoms with Gasteiger partial charge in [0.05, 0.1) is 11.5 Å². The van der Waals surface area contributed by atoms with Gasteiger partial charge in [0.2, 0.25) is 0 Å². The van der Waals surface area contributed by atoms with Crippen molar-refractivity contribution in [2.45, 2.75) is 105 Å². The van der Waals surface area contributed by atoms with Crippen LogP contribution in [0.3, 0.4) is 0 Å². The first-order valence-corrected chi connectivity index (χ1v) is 12.7. The van der Waals surface area contributed by atoms with Crippen LogP contribution in [-0.4, -0.2) is 53.7 Å². The molecule has 0 aliphatic heterocycles. The minimum atomic E-state index is -1.38. The Morgan fingerprint density at radius 1 is 0.842 bits per heavy atom. The molecule has 0 heterocycles. The lowest BCUT2D eigenvalue weighted by Crippen LogP contribution is -2.39. The molecular formula is C27H41NO10. The highest BCUT2D eigenvalue weighted by Crippen LogP contribution is 2.35. The molecule has 1 aromatic carbocycles. The zero-order valence-electron chi connectivity index (χ0n) is 23.4. The number of carboxylic acids is 1. The van der Waals surface area contributed by atoms with Crippen LogP contribution in [0.5, 0.6) is 11.5 Å². The first-order chi connectivity index (χ1) is 17.6. The first-order valence-electron chi connectivity index (χ1n) is 12.7. The number of nitrogens with two attached hydrogens (primary N) is 1. The van der Waals surface area contributed by atoms with E-state index in [1.807, 2.05) is 13.8 Å². The fourth-order valence-electron chi connectivity index (χ4n) is 3.07. The predicted molar refractivity (Wildman–Crippen MR) is 138 cm³/mol. The van der Waals surface area contributed by atoms with Gasteiger partial charge in [0, 0.05) is 5.92 Å². The number of benzene rings is 1. The van der Waals surface area contributed by atoms with Crippen molar-refractivity contribution in [3.8, 4) is 11.5 Å². The fourth-order valence-corrected chi connectivity index (χ4v) is 3.07. The van der Waals surface area contributed by atoms with Crippen LogP contribution in [0.4, 0.5) is 9.59 Å². The van der Waals surface area contributed by atoms with Crippen LogP contribution in [0.2, 0.25) is 0 Å². The molecule has 0 saturated carbocycles. The SMILES string of the molecule is CCC(C)OC(=O)Oc1ccc(C(CC(C)OC(=O)C(C)(C)C)[C@H](N)C(=O)O)cc1OC(=O)OC(C)CC. The van der Waals surface area contributed by atoms with Gasteiger partial charge in [-0.3, -0.25) is 9.59 Å². The van der Waals surface area contributed by atoms with E-state index in [0.717, 1.165) is 0 Å². The number of carbonyl (C=O) groups is 4. The van der Waals surface area contributed by atoms with E-state index in [4.69, 9.17) is 29.4 Å². The van der Waals surface area contributed by atoms with Crippen LogP contribution in [0.15, 0.2) is 18.2 Å². The molecule has 0 fully saturated rings. The molecule has 1 aromatic rings. The third-order valence-corrected chi connectivity index (χ3v) is 5.75. The zero-order chi connectivity index (χ0) is 29.2. The summed E-state index contributed by atoms with van der Waals surface area (Å²) in [5.41, 5.74) is 5.61. The van der Waals surface area contributed by atoms with E-state index in [2.05, 4.69) is 0 Å². The molecule has 0 aliphatic rings. The molecule has 0 amide bonds. The summed E-state index contributed by atoms with van der Waals surface area (Å²) in [6.07, 6.45) is -2.40. The van der Waals surface area contributed by atoms with Gasteiger partial charge in [-0.2, -0.15) is 0 Å². The van der Waals surface area contributed by atoms with Crippen molar-refractivity contribution in [2.24, 2.45) is 11.1 Å². The van der Waals surface area contributed by atoms with E-state index in [-0.39, 0.29) is 17.9 Å². The topological polar surface area (TPSA) is 161 Å². The van der Waals surface area contributed by atoms with Crippen LogP contribution in [0.25, 0.3) is 0 Å². The smallest absolute Gasteiger partial charge is 0.480 e. The molecule has 11 nitrogen and oxygen atoms in total. The Kier molecular flexibility index (Phi) is 12.5. The highest BCUT2D eigenvalue weighted by atomic mass is 16.7. The van der Waals surface area contributed by atoms with Crippen LogP contribution >= 0.6 is 0 Å². The van der Waals surface area contributed by atoms with E-state index >= 15 is 0 Å². The minimum absolute atomic E-state index is 0.0578. The monoisotopic (exact) mass is 539 g/mol. The molecule has 11 heteroatoms. The van der Waals surface area contributed by atoms with Crippen molar-refractivity contribution in [2.75, 3.05) is 0 Å². The average Bonchev–Trinajstić information content (AvgIpc) is 2.82. The van der Waals surface area contributed by atoms with Crippen molar-refractivity contribution in [3.63, 3.8) is 0 Å². The van der Waals surface area contributed by atoms with Gasteiger partial charge in [0.1, 0.15) is 18.2 Å². The minimum Gasteiger partial charge on any atom is -0.480 e.